The molecule has 1 aliphatic carbocycles. The Morgan fingerprint density at radius 2 is 1.74 bits per heavy atom. The first kappa shape index (κ1) is 25.1. The maximum absolute atomic E-state index is 6.29. The molecule has 1 saturated heterocycles. The van der Waals surface area contributed by atoms with Gasteiger partial charge in [0.05, 0.1) is 30.3 Å². The van der Waals surface area contributed by atoms with E-state index in [9.17, 15) is 0 Å². The maximum atomic E-state index is 6.29. The quantitative estimate of drug-likeness (QED) is 0.372. The largest absolute Gasteiger partial charge is 0.489 e. The minimum Gasteiger partial charge on any atom is -0.489 e. The summed E-state index contributed by atoms with van der Waals surface area (Å²) in [7, 11) is 0. The van der Waals surface area contributed by atoms with Gasteiger partial charge in [0, 0.05) is 12.6 Å². The Labute approximate surface area is 227 Å². The standard InChI is InChI=1S/C32H40N5O/c1-2-9-19-35(18-8-1)24-28-13-6-7-16-32(28)36(37-20-17-33-22-30(37)23-34-26-37)29-14-10-15-31(21-29)38-25-27-11-4-3-5-12-27/h3-5,10-12,14-15,17,20-23,26,28,32H,1-2,6-9,13,16,18-19,24-25H2/q+1. The summed E-state index contributed by atoms with van der Waals surface area (Å²) in [5.41, 5.74) is 3.43. The predicted molar refractivity (Wildman–Crippen MR) is 155 cm³/mol. The van der Waals surface area contributed by atoms with Crippen LogP contribution in [-0.4, -0.2) is 47.7 Å². The Morgan fingerprint density at radius 1 is 0.895 bits per heavy atom. The Morgan fingerprint density at radius 3 is 2.61 bits per heavy atom. The van der Waals surface area contributed by atoms with Crippen molar-refractivity contribution >= 4 is 18.2 Å². The highest BCUT2D eigenvalue weighted by Gasteiger charge is 2.47. The highest BCUT2D eigenvalue weighted by atomic mass is 16.5. The molecule has 0 amide bonds. The molecule has 0 aromatic heterocycles. The smallest absolute Gasteiger partial charge is 0.225 e. The zero-order chi connectivity index (χ0) is 25.6. The van der Waals surface area contributed by atoms with Gasteiger partial charge in [-0.3, -0.25) is 4.99 Å². The second-order valence-electron chi connectivity index (χ2n) is 11.1. The molecular weight excluding hydrogens is 470 g/mol. The van der Waals surface area contributed by atoms with E-state index in [1.165, 1.54) is 82.3 Å². The molecule has 6 nitrogen and oxygen atoms in total. The van der Waals surface area contributed by atoms with Crippen LogP contribution in [0.5, 0.6) is 5.75 Å². The van der Waals surface area contributed by atoms with Crippen LogP contribution in [0.1, 0.15) is 56.9 Å². The molecule has 4 aliphatic rings. The minimum absolute atomic E-state index is 0.389. The van der Waals surface area contributed by atoms with Gasteiger partial charge in [-0.15, -0.1) is 4.59 Å². The third-order valence-corrected chi connectivity index (χ3v) is 8.51. The van der Waals surface area contributed by atoms with E-state index in [2.05, 4.69) is 81.0 Å². The molecule has 0 N–H and O–H groups in total. The summed E-state index contributed by atoms with van der Waals surface area (Å²) >= 11 is 0. The SMILES string of the molecule is C1=C[N+]2(N(c3cccc(OCc4ccccc4)c3)C3CCCCC3CN3CCCCCC3)C=NC=C2C=N1. The van der Waals surface area contributed by atoms with Crippen LogP contribution >= 0.6 is 0 Å². The summed E-state index contributed by atoms with van der Waals surface area (Å²) in [4.78, 5) is 11.9. The molecule has 0 radical (unpaired) electrons. The van der Waals surface area contributed by atoms with Crippen molar-refractivity contribution in [2.75, 3.05) is 24.6 Å². The maximum Gasteiger partial charge on any atom is 0.225 e. The normalized spacial score (nSPS) is 27.0. The molecule has 2 aromatic rings. The molecule has 3 unspecified atom stereocenters. The van der Waals surface area contributed by atoms with E-state index < -0.39 is 0 Å². The van der Waals surface area contributed by atoms with Crippen LogP contribution in [0.2, 0.25) is 0 Å². The van der Waals surface area contributed by atoms with Crippen molar-refractivity contribution in [2.45, 2.75) is 64.0 Å². The number of hydrogen-bond acceptors (Lipinski definition) is 5. The molecule has 2 fully saturated rings. The third kappa shape index (κ3) is 5.33. The Balaban J connectivity index is 1.33. The van der Waals surface area contributed by atoms with Crippen molar-refractivity contribution in [3.8, 4) is 5.75 Å². The van der Waals surface area contributed by atoms with Gasteiger partial charge in [0.25, 0.3) is 0 Å². The first-order chi connectivity index (χ1) is 18.8. The first-order valence-electron chi connectivity index (χ1n) is 14.5. The predicted octanol–water partition coefficient (Wildman–Crippen LogP) is 6.68. The lowest BCUT2D eigenvalue weighted by atomic mass is 9.83. The summed E-state index contributed by atoms with van der Waals surface area (Å²) in [6.45, 7) is 4.22. The Kier molecular flexibility index (Phi) is 7.70. The van der Waals surface area contributed by atoms with Crippen LogP contribution in [-0.2, 0) is 6.61 Å². The van der Waals surface area contributed by atoms with Crippen molar-refractivity contribution in [1.82, 2.24) is 4.90 Å². The minimum atomic E-state index is 0.389. The number of ether oxygens (including phenoxy) is 1. The second-order valence-corrected chi connectivity index (χ2v) is 11.1. The van der Waals surface area contributed by atoms with Gasteiger partial charge < -0.3 is 9.64 Å². The average Bonchev–Trinajstić information content (AvgIpc) is 3.23. The van der Waals surface area contributed by atoms with Gasteiger partial charge in [0.2, 0.25) is 12.0 Å². The number of nitrogens with zero attached hydrogens (tertiary/aromatic N) is 5. The van der Waals surface area contributed by atoms with E-state index in [0.717, 1.165) is 11.4 Å². The number of allylic oxidation sites excluding steroid dienone is 1. The van der Waals surface area contributed by atoms with Gasteiger partial charge in [-0.1, -0.05) is 62.1 Å². The number of benzene rings is 2. The summed E-state index contributed by atoms with van der Waals surface area (Å²) in [5.74, 6) is 1.50. The van der Waals surface area contributed by atoms with Crippen molar-refractivity contribution in [1.29, 1.82) is 0 Å². The molecule has 38 heavy (non-hydrogen) atoms. The average molecular weight is 511 g/mol. The Bertz CT molecular complexity index is 1200. The van der Waals surface area contributed by atoms with Gasteiger partial charge in [-0.2, -0.15) is 0 Å². The van der Waals surface area contributed by atoms with E-state index in [4.69, 9.17) is 4.74 Å². The van der Waals surface area contributed by atoms with Crippen molar-refractivity contribution in [3.05, 3.63) is 84.5 Å². The lowest BCUT2D eigenvalue weighted by Gasteiger charge is -2.48. The summed E-state index contributed by atoms with van der Waals surface area (Å²) in [6.07, 6.45) is 20.5. The fourth-order valence-electron chi connectivity index (χ4n) is 6.59. The second kappa shape index (κ2) is 11.7. The van der Waals surface area contributed by atoms with Crippen LogP contribution in [0, 0.1) is 5.92 Å². The number of anilines is 1. The summed E-state index contributed by atoms with van der Waals surface area (Å²) in [6, 6.07) is 19.4. The number of aliphatic imine (C=N–C) groups is 2. The number of quaternary nitrogens is 1. The van der Waals surface area contributed by atoms with Gasteiger partial charge >= 0.3 is 0 Å². The fraction of sp³-hybridized carbons (Fsp3) is 0.438. The van der Waals surface area contributed by atoms with Gasteiger partial charge in [-0.25, -0.2) is 10.0 Å². The molecule has 3 aliphatic heterocycles. The number of fused-ring (bicyclic) bond motifs is 1. The summed E-state index contributed by atoms with van der Waals surface area (Å²) in [5, 5.41) is 2.60. The van der Waals surface area contributed by atoms with Crippen LogP contribution < -0.4 is 9.75 Å². The van der Waals surface area contributed by atoms with Gasteiger partial charge in [0.15, 0.2) is 6.20 Å². The van der Waals surface area contributed by atoms with Gasteiger partial charge in [0.1, 0.15) is 12.4 Å². The molecule has 2 aromatic carbocycles. The molecule has 0 bridgehead atoms. The third-order valence-electron chi connectivity index (χ3n) is 8.51. The van der Waals surface area contributed by atoms with E-state index in [1.807, 2.05) is 24.7 Å². The number of likely N-dealkylation sites (tertiary alicyclic amines) is 1. The monoisotopic (exact) mass is 510 g/mol. The van der Waals surface area contributed by atoms with E-state index in [1.54, 1.807) is 0 Å². The van der Waals surface area contributed by atoms with Crippen LogP contribution in [0.4, 0.5) is 5.69 Å². The zero-order valence-electron chi connectivity index (χ0n) is 22.4. The zero-order valence-corrected chi connectivity index (χ0v) is 22.4. The molecule has 198 valence electrons. The lowest BCUT2D eigenvalue weighted by Crippen LogP contribution is -2.62. The van der Waals surface area contributed by atoms with Crippen molar-refractivity contribution < 1.29 is 9.33 Å². The van der Waals surface area contributed by atoms with Crippen molar-refractivity contribution in [3.63, 3.8) is 0 Å². The van der Waals surface area contributed by atoms with Crippen LogP contribution in [0.3, 0.4) is 0 Å². The summed E-state index contributed by atoms with van der Waals surface area (Å²) < 4.78 is 6.76. The number of hydrogen-bond donors (Lipinski definition) is 0. The molecule has 1 saturated carbocycles. The fourth-order valence-corrected chi connectivity index (χ4v) is 6.59. The molecular formula is C32H40N5O+. The molecule has 0 spiro atoms. The highest BCUT2D eigenvalue weighted by Crippen LogP contribution is 2.41. The van der Waals surface area contributed by atoms with E-state index in [-0.39, 0.29) is 0 Å². The van der Waals surface area contributed by atoms with E-state index >= 15 is 0 Å². The lowest BCUT2D eigenvalue weighted by molar-refractivity contribution is -0.746. The molecule has 6 heteroatoms. The first-order valence-corrected chi connectivity index (χ1v) is 14.5. The van der Waals surface area contributed by atoms with Crippen molar-refractivity contribution in [2.24, 2.45) is 15.9 Å². The number of rotatable bonds is 8. The molecule has 3 atom stereocenters. The molecule has 6 rings (SSSR count). The Hall–Kier alpha value is -3.22. The van der Waals surface area contributed by atoms with E-state index in [0.29, 0.717) is 23.2 Å². The highest BCUT2D eigenvalue weighted by molar-refractivity contribution is 5.82. The van der Waals surface area contributed by atoms with Crippen LogP contribution in [0.25, 0.3) is 0 Å². The molecule has 3 heterocycles. The topological polar surface area (TPSA) is 40.4 Å². The van der Waals surface area contributed by atoms with Gasteiger partial charge in [-0.05, 0) is 62.4 Å². The van der Waals surface area contributed by atoms with Crippen LogP contribution in [0.15, 0.2) is 88.9 Å².